The standard InChI is InChI=1S/C19H26N4O2/c1-4-13-23(14-5-2)19(24)16-11-12-18(22-21-16)20-15-9-7-8-10-17(15)25-6-3/h7-12H,4-6,13-14H2,1-3H3,(H,20,22). The Bertz CT molecular complexity index is 667. The molecule has 0 fully saturated rings. The summed E-state index contributed by atoms with van der Waals surface area (Å²) in [4.78, 5) is 14.3. The first-order valence-corrected chi connectivity index (χ1v) is 8.81. The molecule has 134 valence electrons. The van der Waals surface area contributed by atoms with E-state index >= 15 is 0 Å². The van der Waals surface area contributed by atoms with Gasteiger partial charge in [-0.15, -0.1) is 10.2 Å². The summed E-state index contributed by atoms with van der Waals surface area (Å²) in [5, 5.41) is 11.4. The highest BCUT2D eigenvalue weighted by molar-refractivity contribution is 5.92. The Hall–Kier alpha value is -2.63. The number of carbonyl (C=O) groups excluding carboxylic acids is 1. The van der Waals surface area contributed by atoms with Crippen LogP contribution in [0.4, 0.5) is 11.5 Å². The van der Waals surface area contributed by atoms with Gasteiger partial charge in [0.25, 0.3) is 5.91 Å². The van der Waals surface area contributed by atoms with Gasteiger partial charge in [0.05, 0.1) is 12.3 Å². The number of rotatable bonds is 9. The number of amides is 1. The third kappa shape index (κ3) is 5.17. The van der Waals surface area contributed by atoms with E-state index in [1.807, 2.05) is 36.1 Å². The molecule has 1 heterocycles. The van der Waals surface area contributed by atoms with Crippen LogP contribution in [0.2, 0.25) is 0 Å². The summed E-state index contributed by atoms with van der Waals surface area (Å²) in [5.74, 6) is 1.25. The van der Waals surface area contributed by atoms with E-state index in [-0.39, 0.29) is 5.91 Å². The van der Waals surface area contributed by atoms with Gasteiger partial charge in [-0.3, -0.25) is 4.79 Å². The van der Waals surface area contributed by atoms with E-state index in [1.54, 1.807) is 12.1 Å². The normalized spacial score (nSPS) is 10.4. The number of ether oxygens (including phenoxy) is 1. The van der Waals surface area contributed by atoms with Crippen LogP contribution in [0.1, 0.15) is 44.1 Å². The molecule has 2 rings (SSSR count). The lowest BCUT2D eigenvalue weighted by Gasteiger charge is -2.20. The Morgan fingerprint density at radius 2 is 1.76 bits per heavy atom. The Balaban J connectivity index is 2.10. The van der Waals surface area contributed by atoms with E-state index in [9.17, 15) is 4.79 Å². The van der Waals surface area contributed by atoms with Crippen molar-refractivity contribution in [1.82, 2.24) is 15.1 Å². The van der Waals surface area contributed by atoms with Gasteiger partial charge in [-0.1, -0.05) is 26.0 Å². The maximum Gasteiger partial charge on any atom is 0.274 e. The Morgan fingerprint density at radius 1 is 1.04 bits per heavy atom. The molecule has 25 heavy (non-hydrogen) atoms. The predicted molar refractivity (Wildman–Crippen MR) is 99.4 cm³/mol. The van der Waals surface area contributed by atoms with Crippen molar-refractivity contribution in [2.45, 2.75) is 33.6 Å². The number of aromatic nitrogens is 2. The average Bonchev–Trinajstić information content (AvgIpc) is 2.63. The largest absolute Gasteiger partial charge is 0.492 e. The molecular formula is C19H26N4O2. The fourth-order valence-electron chi connectivity index (χ4n) is 2.52. The maximum atomic E-state index is 12.5. The van der Waals surface area contributed by atoms with Crippen molar-refractivity contribution in [2.24, 2.45) is 0 Å². The molecular weight excluding hydrogens is 316 g/mol. The molecule has 0 radical (unpaired) electrons. The third-order valence-corrected chi connectivity index (χ3v) is 3.61. The number of para-hydroxylation sites is 2. The summed E-state index contributed by atoms with van der Waals surface area (Å²) >= 11 is 0. The summed E-state index contributed by atoms with van der Waals surface area (Å²) in [6.07, 6.45) is 1.85. The van der Waals surface area contributed by atoms with E-state index < -0.39 is 0 Å². The molecule has 0 spiro atoms. The second-order valence-electron chi connectivity index (χ2n) is 5.65. The van der Waals surface area contributed by atoms with Gasteiger partial charge < -0.3 is 15.0 Å². The highest BCUT2D eigenvalue weighted by Gasteiger charge is 2.16. The molecule has 0 atom stereocenters. The van der Waals surface area contributed by atoms with E-state index in [4.69, 9.17) is 4.74 Å². The first-order chi connectivity index (χ1) is 12.2. The van der Waals surface area contributed by atoms with Crippen LogP contribution in [0.15, 0.2) is 36.4 Å². The molecule has 0 saturated heterocycles. The average molecular weight is 342 g/mol. The first-order valence-electron chi connectivity index (χ1n) is 8.81. The summed E-state index contributed by atoms with van der Waals surface area (Å²) in [5.41, 5.74) is 1.18. The van der Waals surface area contributed by atoms with Crippen molar-refractivity contribution in [1.29, 1.82) is 0 Å². The van der Waals surface area contributed by atoms with Crippen LogP contribution in [-0.4, -0.2) is 40.7 Å². The fourth-order valence-corrected chi connectivity index (χ4v) is 2.52. The molecule has 1 aromatic heterocycles. The number of carbonyl (C=O) groups is 1. The first kappa shape index (κ1) is 18.7. The van der Waals surface area contributed by atoms with Crippen molar-refractivity contribution in [3.05, 3.63) is 42.1 Å². The lowest BCUT2D eigenvalue weighted by molar-refractivity contribution is 0.0748. The zero-order valence-electron chi connectivity index (χ0n) is 15.2. The second-order valence-corrected chi connectivity index (χ2v) is 5.65. The topological polar surface area (TPSA) is 67.4 Å². The molecule has 2 aromatic rings. The second kappa shape index (κ2) is 9.61. The minimum absolute atomic E-state index is 0.0718. The summed E-state index contributed by atoms with van der Waals surface area (Å²) in [6.45, 7) is 8.11. The molecule has 0 aliphatic carbocycles. The SMILES string of the molecule is CCCN(CCC)C(=O)c1ccc(Nc2ccccc2OCC)nn1. The summed E-state index contributed by atoms with van der Waals surface area (Å²) in [7, 11) is 0. The smallest absolute Gasteiger partial charge is 0.274 e. The number of hydrogen-bond donors (Lipinski definition) is 1. The van der Waals surface area contributed by atoms with Gasteiger partial charge in [-0.2, -0.15) is 0 Å². The van der Waals surface area contributed by atoms with Gasteiger partial charge in [0.2, 0.25) is 0 Å². The zero-order valence-corrected chi connectivity index (χ0v) is 15.2. The van der Waals surface area contributed by atoms with Crippen LogP contribution in [0, 0.1) is 0 Å². The van der Waals surface area contributed by atoms with Crippen molar-refractivity contribution in [3.8, 4) is 5.75 Å². The molecule has 0 aliphatic rings. The lowest BCUT2D eigenvalue weighted by atomic mass is 10.2. The van der Waals surface area contributed by atoms with Crippen LogP contribution in [0.25, 0.3) is 0 Å². The predicted octanol–water partition coefficient (Wildman–Crippen LogP) is 3.88. The fraction of sp³-hybridized carbons (Fsp3) is 0.421. The van der Waals surface area contributed by atoms with Gasteiger partial charge in [-0.05, 0) is 44.0 Å². The van der Waals surface area contributed by atoms with Gasteiger partial charge in [0.15, 0.2) is 11.5 Å². The highest BCUT2D eigenvalue weighted by Crippen LogP contribution is 2.26. The molecule has 0 saturated carbocycles. The maximum absolute atomic E-state index is 12.5. The minimum atomic E-state index is -0.0718. The quantitative estimate of drug-likeness (QED) is 0.749. The van der Waals surface area contributed by atoms with E-state index in [0.29, 0.717) is 18.1 Å². The minimum Gasteiger partial charge on any atom is -0.492 e. The number of nitrogens with one attached hydrogen (secondary N) is 1. The van der Waals surface area contributed by atoms with E-state index in [0.717, 1.165) is 37.4 Å². The van der Waals surface area contributed by atoms with Crippen LogP contribution in [-0.2, 0) is 0 Å². The molecule has 6 nitrogen and oxygen atoms in total. The molecule has 0 unspecified atom stereocenters. The number of anilines is 2. The van der Waals surface area contributed by atoms with E-state index in [1.165, 1.54) is 0 Å². The third-order valence-electron chi connectivity index (χ3n) is 3.61. The Labute approximate surface area is 149 Å². The Morgan fingerprint density at radius 3 is 2.36 bits per heavy atom. The molecule has 6 heteroatoms. The number of hydrogen-bond acceptors (Lipinski definition) is 5. The zero-order chi connectivity index (χ0) is 18.1. The van der Waals surface area contributed by atoms with Crippen molar-refractivity contribution in [3.63, 3.8) is 0 Å². The molecule has 1 aromatic carbocycles. The summed E-state index contributed by atoms with van der Waals surface area (Å²) in [6, 6.07) is 11.1. The van der Waals surface area contributed by atoms with E-state index in [2.05, 4.69) is 29.4 Å². The van der Waals surface area contributed by atoms with Crippen LogP contribution >= 0.6 is 0 Å². The van der Waals surface area contributed by atoms with Gasteiger partial charge >= 0.3 is 0 Å². The van der Waals surface area contributed by atoms with Crippen LogP contribution < -0.4 is 10.1 Å². The van der Waals surface area contributed by atoms with Crippen molar-refractivity contribution in [2.75, 3.05) is 25.0 Å². The van der Waals surface area contributed by atoms with Crippen LogP contribution in [0.5, 0.6) is 5.75 Å². The molecule has 0 aliphatic heterocycles. The van der Waals surface area contributed by atoms with Gasteiger partial charge in [0.1, 0.15) is 5.75 Å². The van der Waals surface area contributed by atoms with Gasteiger partial charge in [0, 0.05) is 13.1 Å². The molecule has 1 N–H and O–H groups in total. The Kier molecular flexibility index (Phi) is 7.19. The summed E-state index contributed by atoms with van der Waals surface area (Å²) < 4.78 is 5.58. The lowest BCUT2D eigenvalue weighted by Crippen LogP contribution is -2.33. The number of nitrogens with zero attached hydrogens (tertiary/aromatic N) is 3. The van der Waals surface area contributed by atoms with Crippen molar-refractivity contribution >= 4 is 17.4 Å². The molecule has 1 amide bonds. The van der Waals surface area contributed by atoms with Gasteiger partial charge in [-0.25, -0.2) is 0 Å². The van der Waals surface area contributed by atoms with Crippen molar-refractivity contribution < 1.29 is 9.53 Å². The number of benzene rings is 1. The van der Waals surface area contributed by atoms with Crippen LogP contribution in [0.3, 0.4) is 0 Å². The monoisotopic (exact) mass is 342 g/mol. The molecule has 0 bridgehead atoms. The highest BCUT2D eigenvalue weighted by atomic mass is 16.5.